The van der Waals surface area contributed by atoms with Crippen molar-refractivity contribution < 1.29 is 24.5 Å². The standard InChI is InChI=1S/C51H87NO5/c1-4-7-10-13-16-19-21-23-24-25-26-27-29-32-35-38-41-44-51(56)57-47(42-39-36-33-30-18-15-12-9-6-3)45-50(55)52-48(46-53)49(54)43-40-37-34-31-28-22-20-17-14-11-8-5-2/h7,10,13,15-16,18-19,21,23-27,29,47-49,53-54H,4-6,8-9,11-12,14,17,20,22,28,30-46H2,1-3H3,(H,52,55)/b10-7-,16-13+,18-15-,21-19+,24-23-,26-25+,29-27+. The predicted molar refractivity (Wildman–Crippen MR) is 245 cm³/mol. The maximum atomic E-state index is 13.1. The first kappa shape index (κ1) is 54.0. The molecule has 0 heterocycles. The number of carbonyl (C=O) groups is 2. The molecule has 0 aliphatic carbocycles. The third kappa shape index (κ3) is 39.6. The summed E-state index contributed by atoms with van der Waals surface area (Å²) in [6.45, 7) is 6.25. The van der Waals surface area contributed by atoms with Crippen LogP contribution in [0.4, 0.5) is 0 Å². The lowest BCUT2D eigenvalue weighted by Crippen LogP contribution is -2.46. The van der Waals surface area contributed by atoms with E-state index in [1.165, 1.54) is 70.6 Å². The van der Waals surface area contributed by atoms with E-state index < -0.39 is 18.2 Å². The Morgan fingerprint density at radius 1 is 0.526 bits per heavy atom. The van der Waals surface area contributed by atoms with Crippen LogP contribution in [0.5, 0.6) is 0 Å². The van der Waals surface area contributed by atoms with E-state index in [9.17, 15) is 19.8 Å². The maximum Gasteiger partial charge on any atom is 0.306 e. The van der Waals surface area contributed by atoms with Crippen molar-refractivity contribution in [2.24, 2.45) is 0 Å². The van der Waals surface area contributed by atoms with Crippen molar-refractivity contribution in [1.29, 1.82) is 0 Å². The average molecular weight is 794 g/mol. The van der Waals surface area contributed by atoms with Crippen LogP contribution in [0, 0.1) is 0 Å². The van der Waals surface area contributed by atoms with Gasteiger partial charge in [-0.15, -0.1) is 0 Å². The van der Waals surface area contributed by atoms with E-state index in [-0.39, 0.29) is 24.9 Å². The minimum absolute atomic E-state index is 0.0436. The molecule has 0 bridgehead atoms. The van der Waals surface area contributed by atoms with Gasteiger partial charge in [-0.25, -0.2) is 0 Å². The topological polar surface area (TPSA) is 95.9 Å². The van der Waals surface area contributed by atoms with Crippen molar-refractivity contribution in [3.8, 4) is 0 Å². The number of rotatable bonds is 40. The summed E-state index contributed by atoms with van der Waals surface area (Å²) in [5.74, 6) is -0.551. The molecule has 0 saturated heterocycles. The Kier molecular flexibility index (Phi) is 41.9. The average Bonchev–Trinajstić information content (AvgIpc) is 3.20. The molecule has 6 nitrogen and oxygen atoms in total. The highest BCUT2D eigenvalue weighted by molar-refractivity contribution is 5.77. The Hall–Kier alpha value is -2.96. The molecule has 0 aliphatic heterocycles. The minimum Gasteiger partial charge on any atom is -0.462 e. The fraction of sp³-hybridized carbons (Fsp3) is 0.686. The summed E-state index contributed by atoms with van der Waals surface area (Å²) < 4.78 is 5.87. The molecular formula is C51H87NO5. The lowest BCUT2D eigenvalue weighted by molar-refractivity contribution is -0.151. The van der Waals surface area contributed by atoms with E-state index in [0.717, 1.165) is 83.5 Å². The quantitative estimate of drug-likeness (QED) is 0.0248. The highest BCUT2D eigenvalue weighted by Crippen LogP contribution is 2.17. The first-order chi connectivity index (χ1) is 28.0. The zero-order valence-electron chi connectivity index (χ0n) is 36.9. The second kappa shape index (κ2) is 44.1. The summed E-state index contributed by atoms with van der Waals surface area (Å²) in [5, 5.41) is 23.6. The van der Waals surface area contributed by atoms with Crippen molar-refractivity contribution >= 4 is 11.9 Å². The number of carbonyl (C=O) groups excluding carboxylic acids is 2. The lowest BCUT2D eigenvalue weighted by atomic mass is 10.0. The summed E-state index contributed by atoms with van der Waals surface area (Å²) in [6.07, 6.45) is 56.4. The van der Waals surface area contributed by atoms with Crippen LogP contribution in [0.1, 0.15) is 201 Å². The van der Waals surface area contributed by atoms with Crippen LogP contribution in [0.25, 0.3) is 0 Å². The summed E-state index contributed by atoms with van der Waals surface area (Å²) in [7, 11) is 0. The fourth-order valence-corrected chi connectivity index (χ4v) is 6.56. The third-order valence-electron chi connectivity index (χ3n) is 10.1. The second-order valence-electron chi connectivity index (χ2n) is 15.6. The van der Waals surface area contributed by atoms with E-state index >= 15 is 0 Å². The number of esters is 1. The van der Waals surface area contributed by atoms with E-state index in [0.29, 0.717) is 19.3 Å². The van der Waals surface area contributed by atoms with Crippen molar-refractivity contribution in [3.63, 3.8) is 0 Å². The fourth-order valence-electron chi connectivity index (χ4n) is 6.56. The number of amides is 1. The van der Waals surface area contributed by atoms with Gasteiger partial charge in [0.25, 0.3) is 0 Å². The normalized spacial score (nSPS) is 14.1. The van der Waals surface area contributed by atoms with Crippen molar-refractivity contribution in [2.75, 3.05) is 6.61 Å². The molecule has 0 aromatic heterocycles. The summed E-state index contributed by atoms with van der Waals surface area (Å²) in [6, 6.07) is -0.718. The Labute approximate surface area is 351 Å². The van der Waals surface area contributed by atoms with E-state index in [4.69, 9.17) is 4.74 Å². The van der Waals surface area contributed by atoms with E-state index in [1.54, 1.807) is 0 Å². The van der Waals surface area contributed by atoms with Gasteiger partial charge in [0.15, 0.2) is 0 Å². The van der Waals surface area contributed by atoms with Gasteiger partial charge in [-0.05, 0) is 64.2 Å². The minimum atomic E-state index is -0.802. The van der Waals surface area contributed by atoms with E-state index in [2.05, 4.69) is 56.5 Å². The van der Waals surface area contributed by atoms with Gasteiger partial charge in [0.1, 0.15) is 6.10 Å². The molecule has 326 valence electrons. The molecule has 0 aromatic rings. The van der Waals surface area contributed by atoms with Crippen molar-refractivity contribution in [2.45, 2.75) is 219 Å². The van der Waals surface area contributed by atoms with Crippen LogP contribution >= 0.6 is 0 Å². The van der Waals surface area contributed by atoms with E-state index in [1.807, 2.05) is 54.7 Å². The molecule has 3 atom stereocenters. The maximum absolute atomic E-state index is 13.1. The molecule has 0 radical (unpaired) electrons. The number of nitrogens with one attached hydrogen (secondary N) is 1. The van der Waals surface area contributed by atoms with Gasteiger partial charge < -0.3 is 20.3 Å². The molecule has 3 N–H and O–H groups in total. The van der Waals surface area contributed by atoms with Crippen LogP contribution in [-0.2, 0) is 14.3 Å². The second-order valence-corrected chi connectivity index (χ2v) is 15.6. The monoisotopic (exact) mass is 794 g/mol. The molecule has 0 rings (SSSR count). The molecule has 0 saturated carbocycles. The highest BCUT2D eigenvalue weighted by atomic mass is 16.5. The molecule has 0 aromatic carbocycles. The first-order valence-electron chi connectivity index (χ1n) is 23.4. The summed E-state index contributed by atoms with van der Waals surface area (Å²) >= 11 is 0. The van der Waals surface area contributed by atoms with Crippen LogP contribution in [0.3, 0.4) is 0 Å². The number of hydrogen-bond acceptors (Lipinski definition) is 5. The SMILES string of the molecule is CC\C=C/C=C/C=C/C=C\C=C\C=C\CCCCCC(=O)OC(CCCCC/C=C\CCCC)CC(=O)NC(CO)C(O)CCCCCCCCCCCCCC. The predicted octanol–water partition coefficient (Wildman–Crippen LogP) is 13.6. The molecule has 0 spiro atoms. The van der Waals surface area contributed by atoms with Crippen LogP contribution in [-0.4, -0.2) is 46.9 Å². The van der Waals surface area contributed by atoms with Crippen LogP contribution in [0.15, 0.2) is 85.1 Å². The van der Waals surface area contributed by atoms with Gasteiger partial charge in [0, 0.05) is 6.42 Å². The first-order valence-corrected chi connectivity index (χ1v) is 23.4. The number of unbranched alkanes of at least 4 members (excludes halogenated alkanes) is 19. The zero-order valence-corrected chi connectivity index (χ0v) is 36.9. The van der Waals surface area contributed by atoms with Gasteiger partial charge in [-0.1, -0.05) is 209 Å². The lowest BCUT2D eigenvalue weighted by Gasteiger charge is -2.24. The van der Waals surface area contributed by atoms with Crippen LogP contribution < -0.4 is 5.32 Å². The number of aliphatic hydroxyl groups is 2. The Bertz CT molecular complexity index is 1120. The molecule has 0 fully saturated rings. The number of ether oxygens (including phenoxy) is 1. The third-order valence-corrected chi connectivity index (χ3v) is 10.1. The summed E-state index contributed by atoms with van der Waals surface area (Å²) in [5.41, 5.74) is 0. The number of aliphatic hydroxyl groups excluding tert-OH is 2. The van der Waals surface area contributed by atoms with Crippen molar-refractivity contribution in [1.82, 2.24) is 5.32 Å². The molecule has 0 aliphatic rings. The molecular weight excluding hydrogens is 707 g/mol. The van der Waals surface area contributed by atoms with Gasteiger partial charge in [0.05, 0.1) is 25.2 Å². The molecule has 1 amide bonds. The highest BCUT2D eigenvalue weighted by Gasteiger charge is 2.24. The van der Waals surface area contributed by atoms with Crippen LogP contribution in [0.2, 0.25) is 0 Å². The van der Waals surface area contributed by atoms with Gasteiger partial charge >= 0.3 is 5.97 Å². The van der Waals surface area contributed by atoms with Crippen molar-refractivity contribution in [3.05, 3.63) is 85.1 Å². The largest absolute Gasteiger partial charge is 0.462 e. The zero-order chi connectivity index (χ0) is 41.7. The van der Waals surface area contributed by atoms with Gasteiger partial charge in [-0.2, -0.15) is 0 Å². The molecule has 57 heavy (non-hydrogen) atoms. The van der Waals surface area contributed by atoms with Gasteiger partial charge in [-0.3, -0.25) is 9.59 Å². The number of hydrogen-bond donors (Lipinski definition) is 3. The Morgan fingerprint density at radius 2 is 0.982 bits per heavy atom. The number of allylic oxidation sites excluding steroid dienone is 14. The smallest absolute Gasteiger partial charge is 0.306 e. The molecule has 3 unspecified atom stereocenters. The Morgan fingerprint density at radius 3 is 1.54 bits per heavy atom. The summed E-state index contributed by atoms with van der Waals surface area (Å²) in [4.78, 5) is 26.0. The van der Waals surface area contributed by atoms with Gasteiger partial charge in [0.2, 0.25) is 5.91 Å². The Balaban J connectivity index is 4.64. The molecule has 6 heteroatoms.